The molecule has 3 N–H and O–H groups in total. The first-order valence-electron chi connectivity index (χ1n) is 2.32. The van der Waals surface area contributed by atoms with E-state index in [4.69, 9.17) is 5.73 Å². The zero-order valence-corrected chi connectivity index (χ0v) is 5.61. The van der Waals surface area contributed by atoms with Crippen molar-refractivity contribution in [2.45, 2.75) is 13.1 Å². The van der Waals surface area contributed by atoms with E-state index in [1.54, 1.807) is 6.92 Å². The quantitative estimate of drug-likeness (QED) is 0.347. The molecule has 0 heterocycles. The minimum atomic E-state index is -0.269. The van der Waals surface area contributed by atoms with Crippen molar-refractivity contribution in [2.24, 2.45) is 5.73 Å². The van der Waals surface area contributed by atoms with E-state index in [0.29, 0.717) is 0 Å². The lowest BCUT2D eigenvalue weighted by atomic mass is 10.5. The number of rotatable bonds is 2. The Morgan fingerprint density at radius 1 is 2.00 bits per heavy atom. The molecule has 0 rings (SSSR count). The summed E-state index contributed by atoms with van der Waals surface area (Å²) in [4.78, 5) is 10.4. The topological polar surface area (TPSA) is 55.1 Å². The Balaban J connectivity index is 3.25. The summed E-state index contributed by atoms with van der Waals surface area (Å²) in [5.41, 5.74) is 5.20. The first kappa shape index (κ1) is 7.78. The molecule has 0 aliphatic rings. The second-order valence-corrected chi connectivity index (χ2v) is 1.83. The van der Waals surface area contributed by atoms with Gasteiger partial charge in [0, 0.05) is 0 Å². The molecule has 0 saturated carbocycles. The summed E-state index contributed by atoms with van der Waals surface area (Å²) in [5, 5.41) is 2.45. The second kappa shape index (κ2) is 3.74. The fraction of sp³-hybridized carbons (Fsp3) is 0.750. The number of amides is 1. The van der Waals surface area contributed by atoms with Crippen LogP contribution in [0.25, 0.3) is 0 Å². The molecule has 4 heteroatoms. The first-order valence-corrected chi connectivity index (χ1v) is 2.96. The summed E-state index contributed by atoms with van der Waals surface area (Å²) in [6.07, 6.45) is -0.269. The van der Waals surface area contributed by atoms with Crippen LogP contribution in [0.2, 0.25) is 0 Å². The minimum Gasteiger partial charge on any atom is -0.341 e. The van der Waals surface area contributed by atoms with E-state index in [0.717, 1.165) is 0 Å². The molecule has 0 spiro atoms. The van der Waals surface area contributed by atoms with Crippen LogP contribution < -0.4 is 11.1 Å². The van der Waals surface area contributed by atoms with E-state index in [2.05, 4.69) is 17.9 Å². The van der Waals surface area contributed by atoms with Crippen LogP contribution in [0.5, 0.6) is 0 Å². The van der Waals surface area contributed by atoms with E-state index in [-0.39, 0.29) is 17.8 Å². The number of carbonyl (C=O) groups excluding carboxylic acids is 1. The standard InChI is InChI=1S/C4H10N2OS/c1-3(5)6-4(7)2-8/h3,8H,2,5H2,1H3,(H,6,7). The summed E-state index contributed by atoms with van der Waals surface area (Å²) < 4.78 is 0. The van der Waals surface area contributed by atoms with Gasteiger partial charge in [0.15, 0.2) is 0 Å². The van der Waals surface area contributed by atoms with Crippen molar-refractivity contribution in [1.82, 2.24) is 5.32 Å². The maximum atomic E-state index is 10.4. The summed E-state index contributed by atoms with van der Waals surface area (Å²) in [6.45, 7) is 1.70. The van der Waals surface area contributed by atoms with Gasteiger partial charge in [0.2, 0.25) is 5.91 Å². The minimum absolute atomic E-state index is 0.136. The van der Waals surface area contributed by atoms with Crippen molar-refractivity contribution in [1.29, 1.82) is 0 Å². The lowest BCUT2D eigenvalue weighted by Gasteiger charge is -2.04. The molecular formula is C4H10N2OS. The smallest absolute Gasteiger partial charge is 0.230 e. The highest BCUT2D eigenvalue weighted by molar-refractivity contribution is 7.81. The van der Waals surface area contributed by atoms with Crippen LogP contribution in [0, 0.1) is 0 Å². The molecule has 8 heavy (non-hydrogen) atoms. The largest absolute Gasteiger partial charge is 0.341 e. The molecule has 48 valence electrons. The van der Waals surface area contributed by atoms with Crippen LogP contribution in [0.4, 0.5) is 0 Å². The zero-order valence-electron chi connectivity index (χ0n) is 4.72. The van der Waals surface area contributed by atoms with Crippen molar-refractivity contribution < 1.29 is 4.79 Å². The highest BCUT2D eigenvalue weighted by Gasteiger charge is 1.96. The van der Waals surface area contributed by atoms with Gasteiger partial charge in [-0.25, -0.2) is 0 Å². The molecule has 1 amide bonds. The maximum Gasteiger partial charge on any atom is 0.230 e. The van der Waals surface area contributed by atoms with Gasteiger partial charge in [-0.1, -0.05) is 0 Å². The Morgan fingerprint density at radius 3 is 2.62 bits per heavy atom. The molecule has 0 bridgehead atoms. The van der Waals surface area contributed by atoms with Crippen LogP contribution in [-0.4, -0.2) is 17.8 Å². The molecule has 0 radical (unpaired) electrons. The van der Waals surface area contributed by atoms with Crippen LogP contribution in [0.1, 0.15) is 6.92 Å². The average molecular weight is 134 g/mol. The Hall–Kier alpha value is -0.220. The SMILES string of the molecule is CC(N)NC(=O)CS. The molecule has 0 aromatic rings. The van der Waals surface area contributed by atoms with Gasteiger partial charge in [-0.05, 0) is 6.92 Å². The molecule has 0 saturated heterocycles. The van der Waals surface area contributed by atoms with Gasteiger partial charge in [0.05, 0.1) is 11.9 Å². The predicted molar refractivity (Wildman–Crippen MR) is 35.6 cm³/mol. The lowest BCUT2D eigenvalue weighted by molar-refractivity contribution is -0.119. The van der Waals surface area contributed by atoms with Crippen molar-refractivity contribution in [3.63, 3.8) is 0 Å². The van der Waals surface area contributed by atoms with Crippen LogP contribution in [-0.2, 0) is 4.79 Å². The van der Waals surface area contributed by atoms with E-state index >= 15 is 0 Å². The van der Waals surface area contributed by atoms with Crippen LogP contribution in [0.3, 0.4) is 0 Å². The Morgan fingerprint density at radius 2 is 2.50 bits per heavy atom. The Kier molecular flexibility index (Phi) is 3.64. The highest BCUT2D eigenvalue weighted by Crippen LogP contribution is 1.73. The van der Waals surface area contributed by atoms with E-state index in [1.807, 2.05) is 0 Å². The third-order valence-corrected chi connectivity index (χ3v) is 0.819. The van der Waals surface area contributed by atoms with E-state index in [1.165, 1.54) is 0 Å². The van der Waals surface area contributed by atoms with Gasteiger partial charge in [-0.3, -0.25) is 4.79 Å². The third-order valence-electron chi connectivity index (χ3n) is 0.532. The number of hydrogen-bond acceptors (Lipinski definition) is 3. The monoisotopic (exact) mass is 134 g/mol. The van der Waals surface area contributed by atoms with Crippen molar-refractivity contribution in [3.05, 3.63) is 0 Å². The van der Waals surface area contributed by atoms with Crippen molar-refractivity contribution >= 4 is 18.5 Å². The third kappa shape index (κ3) is 3.95. The molecule has 1 atom stereocenters. The average Bonchev–Trinajstić information content (AvgIpc) is 1.65. The summed E-state index contributed by atoms with van der Waals surface area (Å²) in [5.74, 6) is 0.0602. The van der Waals surface area contributed by atoms with E-state index < -0.39 is 0 Å². The number of hydrogen-bond donors (Lipinski definition) is 3. The first-order chi connectivity index (χ1) is 3.66. The molecule has 3 nitrogen and oxygen atoms in total. The molecule has 0 aliphatic carbocycles. The fourth-order valence-corrected chi connectivity index (χ4v) is 0.391. The molecular weight excluding hydrogens is 124 g/mol. The van der Waals surface area contributed by atoms with Gasteiger partial charge in [-0.2, -0.15) is 12.6 Å². The highest BCUT2D eigenvalue weighted by atomic mass is 32.1. The summed E-state index contributed by atoms with van der Waals surface area (Å²) in [6, 6.07) is 0. The van der Waals surface area contributed by atoms with E-state index in [9.17, 15) is 4.79 Å². The fourth-order valence-electron chi connectivity index (χ4n) is 0.300. The lowest BCUT2D eigenvalue weighted by Crippen LogP contribution is -2.39. The van der Waals surface area contributed by atoms with Crippen LogP contribution >= 0.6 is 12.6 Å². The van der Waals surface area contributed by atoms with Crippen molar-refractivity contribution in [2.75, 3.05) is 5.75 Å². The number of carbonyl (C=O) groups is 1. The van der Waals surface area contributed by atoms with Crippen molar-refractivity contribution in [3.8, 4) is 0 Å². The molecule has 1 unspecified atom stereocenters. The Labute approximate surface area is 54.0 Å². The second-order valence-electron chi connectivity index (χ2n) is 1.51. The van der Waals surface area contributed by atoms with Crippen LogP contribution in [0.15, 0.2) is 0 Å². The van der Waals surface area contributed by atoms with Gasteiger partial charge in [0.1, 0.15) is 0 Å². The number of nitrogens with two attached hydrogens (primary N) is 1. The number of thiol groups is 1. The molecule has 0 aliphatic heterocycles. The van der Waals surface area contributed by atoms with Gasteiger partial charge < -0.3 is 11.1 Å². The zero-order chi connectivity index (χ0) is 6.57. The summed E-state index contributed by atoms with van der Waals surface area (Å²) in [7, 11) is 0. The summed E-state index contributed by atoms with van der Waals surface area (Å²) >= 11 is 3.72. The Bertz CT molecular complexity index is 84.1. The van der Waals surface area contributed by atoms with Gasteiger partial charge in [-0.15, -0.1) is 0 Å². The normalized spacial score (nSPS) is 12.9. The molecule has 0 aromatic heterocycles. The number of nitrogens with one attached hydrogen (secondary N) is 1. The predicted octanol–water partition coefficient (Wildman–Crippen LogP) is -0.663. The van der Waals surface area contributed by atoms with Gasteiger partial charge in [0.25, 0.3) is 0 Å². The van der Waals surface area contributed by atoms with Gasteiger partial charge >= 0.3 is 0 Å². The maximum absolute atomic E-state index is 10.4. The molecule has 0 fully saturated rings. The molecule has 0 aromatic carbocycles.